The van der Waals surface area contributed by atoms with Crippen LogP contribution in [0, 0.1) is 10.1 Å². The first-order valence-corrected chi connectivity index (χ1v) is 8.53. The third-order valence-electron chi connectivity index (χ3n) is 3.86. The van der Waals surface area contributed by atoms with Crippen LogP contribution in [-0.4, -0.2) is 22.0 Å². The molecular weight excluding hydrogens is 374 g/mol. The molecule has 0 heterocycles. The minimum Gasteiger partial charge on any atom is -0.489 e. The van der Waals surface area contributed by atoms with E-state index in [4.69, 9.17) is 31.5 Å². The fourth-order valence-corrected chi connectivity index (χ4v) is 2.56. The number of fused-ring (bicyclic) bond motifs is 1. The number of ether oxygens (including phenoxy) is 1. The van der Waals surface area contributed by atoms with Gasteiger partial charge in [-0.1, -0.05) is 42.5 Å². The minimum absolute atomic E-state index is 0.0607. The second-order valence-electron chi connectivity index (χ2n) is 5.90. The van der Waals surface area contributed by atoms with Crippen molar-refractivity contribution in [2.75, 3.05) is 0 Å². The summed E-state index contributed by atoms with van der Waals surface area (Å²) in [5.41, 5.74) is 13.4. The highest BCUT2D eigenvalue weighted by Gasteiger charge is 2.03. The van der Waals surface area contributed by atoms with E-state index in [0.717, 1.165) is 22.6 Å². The molecule has 3 aromatic carbocycles. The van der Waals surface area contributed by atoms with Gasteiger partial charge in [0.2, 0.25) is 5.96 Å². The van der Waals surface area contributed by atoms with E-state index in [0.29, 0.717) is 6.61 Å². The van der Waals surface area contributed by atoms with Crippen LogP contribution in [-0.2, 0) is 6.61 Å². The van der Waals surface area contributed by atoms with Crippen LogP contribution >= 0.6 is 0 Å². The highest BCUT2D eigenvalue weighted by atomic mass is 16.9. The lowest BCUT2D eigenvalue weighted by Crippen LogP contribution is -2.22. The van der Waals surface area contributed by atoms with Gasteiger partial charge in [-0.25, -0.2) is 0 Å². The largest absolute Gasteiger partial charge is 0.489 e. The van der Waals surface area contributed by atoms with Gasteiger partial charge in [0.05, 0.1) is 5.71 Å². The second kappa shape index (κ2) is 10.3. The van der Waals surface area contributed by atoms with E-state index < -0.39 is 5.09 Å². The Balaban J connectivity index is 0.000000687. The van der Waals surface area contributed by atoms with E-state index in [1.165, 1.54) is 10.8 Å². The lowest BCUT2D eigenvalue weighted by atomic mass is 10.1. The molecule has 0 saturated carbocycles. The lowest BCUT2D eigenvalue weighted by Gasteiger charge is -2.09. The maximum Gasteiger partial charge on any atom is 0.291 e. The van der Waals surface area contributed by atoms with Crippen molar-refractivity contribution in [2.45, 2.75) is 13.5 Å². The van der Waals surface area contributed by atoms with Crippen molar-refractivity contribution in [3.8, 4) is 5.75 Å². The molecule has 5 N–H and O–H groups in total. The molecule has 29 heavy (non-hydrogen) atoms. The van der Waals surface area contributed by atoms with Crippen LogP contribution in [0.25, 0.3) is 10.8 Å². The lowest BCUT2D eigenvalue weighted by molar-refractivity contribution is -0.742. The zero-order chi connectivity index (χ0) is 21.2. The van der Waals surface area contributed by atoms with Gasteiger partial charge in [-0.05, 0) is 53.1 Å². The monoisotopic (exact) mass is 395 g/mol. The normalized spacial score (nSPS) is 10.6. The first-order valence-electron chi connectivity index (χ1n) is 8.53. The quantitative estimate of drug-likeness (QED) is 0.261. The molecule has 0 atom stereocenters. The molecule has 0 aromatic heterocycles. The Kier molecular flexibility index (Phi) is 7.49. The van der Waals surface area contributed by atoms with Gasteiger partial charge in [0.1, 0.15) is 12.4 Å². The van der Waals surface area contributed by atoms with E-state index in [9.17, 15) is 0 Å². The van der Waals surface area contributed by atoms with Crippen LogP contribution in [0.2, 0.25) is 0 Å². The van der Waals surface area contributed by atoms with Crippen molar-refractivity contribution in [2.24, 2.45) is 21.7 Å². The fourth-order valence-electron chi connectivity index (χ4n) is 2.56. The van der Waals surface area contributed by atoms with Crippen molar-refractivity contribution in [3.63, 3.8) is 0 Å². The highest BCUT2D eigenvalue weighted by Crippen LogP contribution is 2.21. The number of guanidine groups is 1. The molecule has 0 spiro atoms. The van der Waals surface area contributed by atoms with Gasteiger partial charge in [-0.2, -0.15) is 5.10 Å². The number of hydrogen-bond acceptors (Lipinski definition) is 5. The molecule has 0 aliphatic heterocycles. The molecule has 0 aliphatic rings. The van der Waals surface area contributed by atoms with Crippen molar-refractivity contribution in [3.05, 3.63) is 88.0 Å². The maximum absolute atomic E-state index is 8.36. The van der Waals surface area contributed by atoms with E-state index in [1.54, 1.807) is 0 Å². The van der Waals surface area contributed by atoms with E-state index >= 15 is 0 Å². The molecule has 0 radical (unpaired) electrons. The van der Waals surface area contributed by atoms with Crippen LogP contribution in [0.15, 0.2) is 76.9 Å². The molecule has 0 amide bonds. The molecule has 0 unspecified atom stereocenters. The number of benzene rings is 3. The summed E-state index contributed by atoms with van der Waals surface area (Å²) in [6.45, 7) is 2.36. The Morgan fingerprint density at radius 2 is 1.66 bits per heavy atom. The fraction of sp³-hybridized carbons (Fsp3) is 0.100. The Labute approximate surface area is 167 Å². The third kappa shape index (κ3) is 6.83. The Morgan fingerprint density at radius 1 is 1.03 bits per heavy atom. The van der Waals surface area contributed by atoms with Gasteiger partial charge in [-0.3, -0.25) is 0 Å². The van der Waals surface area contributed by atoms with Crippen molar-refractivity contribution < 1.29 is 15.0 Å². The van der Waals surface area contributed by atoms with Gasteiger partial charge in [0, 0.05) is 0 Å². The van der Waals surface area contributed by atoms with Gasteiger partial charge in [0.15, 0.2) is 0 Å². The van der Waals surface area contributed by atoms with Crippen LogP contribution in [0.1, 0.15) is 18.1 Å². The molecule has 0 bridgehead atoms. The maximum atomic E-state index is 8.36. The number of nitrogens with two attached hydrogens (primary N) is 2. The standard InChI is InChI=1S/C20H20N4O.HNO3/c1-14(23-24-20(21)22)15-9-11-18(12-10-15)25-13-17-7-4-6-16-5-2-3-8-19(16)17;2-1(3)4/h2-12H,13H2,1H3,(H4,21,22,24);(H,2,3,4)/b23-14+;. The summed E-state index contributed by atoms with van der Waals surface area (Å²) in [6, 6.07) is 22.2. The Hall–Kier alpha value is -4.14. The van der Waals surface area contributed by atoms with Crippen molar-refractivity contribution in [1.82, 2.24) is 0 Å². The summed E-state index contributed by atoms with van der Waals surface area (Å²) in [5, 5.41) is 23.7. The summed E-state index contributed by atoms with van der Waals surface area (Å²) in [6.07, 6.45) is 0. The van der Waals surface area contributed by atoms with Crippen molar-refractivity contribution >= 4 is 22.4 Å². The highest BCUT2D eigenvalue weighted by molar-refractivity contribution is 5.99. The molecule has 0 fully saturated rings. The smallest absolute Gasteiger partial charge is 0.291 e. The molecular formula is C20H21N5O4. The van der Waals surface area contributed by atoms with Gasteiger partial charge in [-0.15, -0.1) is 15.2 Å². The van der Waals surface area contributed by atoms with Crippen molar-refractivity contribution in [1.29, 1.82) is 0 Å². The predicted molar refractivity (Wildman–Crippen MR) is 112 cm³/mol. The summed E-state index contributed by atoms with van der Waals surface area (Å²) in [4.78, 5) is 8.36. The Morgan fingerprint density at radius 3 is 2.31 bits per heavy atom. The average Bonchev–Trinajstić information content (AvgIpc) is 2.70. The Bertz CT molecular complexity index is 1020. The minimum atomic E-state index is -1.50. The van der Waals surface area contributed by atoms with E-state index in [1.807, 2.05) is 49.4 Å². The van der Waals surface area contributed by atoms with Gasteiger partial charge >= 0.3 is 0 Å². The SMILES string of the molecule is C/C(=N\N=C(N)N)c1ccc(OCc2cccc3ccccc23)cc1.O=[N+]([O-])O. The van der Waals surface area contributed by atoms with Crippen LogP contribution < -0.4 is 16.2 Å². The summed E-state index contributed by atoms with van der Waals surface area (Å²) < 4.78 is 5.93. The zero-order valence-electron chi connectivity index (χ0n) is 15.7. The number of nitrogens with zero attached hydrogens (tertiary/aromatic N) is 3. The molecule has 9 heteroatoms. The van der Waals surface area contributed by atoms with Crippen LogP contribution in [0.3, 0.4) is 0 Å². The number of rotatable bonds is 5. The summed E-state index contributed by atoms with van der Waals surface area (Å²) in [5.74, 6) is 0.737. The van der Waals surface area contributed by atoms with Crippen LogP contribution in [0.4, 0.5) is 0 Å². The summed E-state index contributed by atoms with van der Waals surface area (Å²) >= 11 is 0. The first-order chi connectivity index (χ1) is 13.9. The summed E-state index contributed by atoms with van der Waals surface area (Å²) in [7, 11) is 0. The molecule has 0 saturated heterocycles. The van der Waals surface area contributed by atoms with E-state index in [2.05, 4.69) is 34.5 Å². The third-order valence-corrected chi connectivity index (χ3v) is 3.86. The van der Waals surface area contributed by atoms with Gasteiger partial charge < -0.3 is 21.4 Å². The molecule has 3 aromatic rings. The van der Waals surface area contributed by atoms with Crippen LogP contribution in [0.5, 0.6) is 5.75 Å². The molecule has 0 aliphatic carbocycles. The molecule has 3 rings (SSSR count). The predicted octanol–water partition coefficient (Wildman–Crippen LogP) is 3.07. The topological polar surface area (TPSA) is 149 Å². The molecule has 150 valence electrons. The van der Waals surface area contributed by atoms with Gasteiger partial charge in [0.25, 0.3) is 5.09 Å². The second-order valence-corrected chi connectivity index (χ2v) is 5.90. The van der Waals surface area contributed by atoms with E-state index in [-0.39, 0.29) is 5.96 Å². The average molecular weight is 395 g/mol. The molecule has 9 nitrogen and oxygen atoms in total. The zero-order valence-corrected chi connectivity index (χ0v) is 15.7. The first kappa shape index (κ1) is 21.2. The number of hydrogen-bond donors (Lipinski definition) is 3.